The minimum atomic E-state index is -0.523. The Morgan fingerprint density at radius 2 is 2.20 bits per heavy atom. The summed E-state index contributed by atoms with van der Waals surface area (Å²) in [4.78, 5) is 19.8. The van der Waals surface area contributed by atoms with Gasteiger partial charge in [-0.1, -0.05) is 0 Å². The molecule has 132 valence electrons. The number of nitrogens with zero attached hydrogens (tertiary/aromatic N) is 8. The van der Waals surface area contributed by atoms with Crippen molar-refractivity contribution in [3.63, 3.8) is 0 Å². The second-order valence-electron chi connectivity index (χ2n) is 6.20. The van der Waals surface area contributed by atoms with Crippen LogP contribution in [0.5, 0.6) is 0 Å². The average Bonchev–Trinajstić information content (AvgIpc) is 3.14. The third-order valence-electron chi connectivity index (χ3n) is 4.34. The van der Waals surface area contributed by atoms with E-state index in [0.29, 0.717) is 37.6 Å². The van der Waals surface area contributed by atoms with Gasteiger partial charge in [0.05, 0.1) is 19.0 Å². The number of nitrogens with two attached hydrogens (primary N) is 1. The number of anilines is 2. The molecule has 1 saturated heterocycles. The molecule has 11 nitrogen and oxygen atoms in total. The van der Waals surface area contributed by atoms with Crippen LogP contribution in [0.3, 0.4) is 0 Å². The minimum Gasteiger partial charge on any atom is -0.390 e. The molecule has 0 aliphatic carbocycles. The summed E-state index contributed by atoms with van der Waals surface area (Å²) in [7, 11) is 1.91. The highest BCUT2D eigenvalue weighted by atomic mass is 16.3. The van der Waals surface area contributed by atoms with E-state index >= 15 is 0 Å². The van der Waals surface area contributed by atoms with Crippen molar-refractivity contribution in [2.75, 3.05) is 36.8 Å². The highest BCUT2D eigenvalue weighted by molar-refractivity contribution is 5.84. The SMILES string of the molecule is Cn1cnnc1CN1CCN(c2nc(N)nc3nc[nH]c23)C[C@H](O)C1. The highest BCUT2D eigenvalue weighted by Crippen LogP contribution is 2.23. The van der Waals surface area contributed by atoms with E-state index in [0.717, 1.165) is 17.9 Å². The first-order valence-corrected chi connectivity index (χ1v) is 8.05. The van der Waals surface area contributed by atoms with Gasteiger partial charge in [-0.2, -0.15) is 9.97 Å². The predicted octanol–water partition coefficient (Wildman–Crippen LogP) is -1.25. The van der Waals surface area contributed by atoms with Crippen LogP contribution in [0.25, 0.3) is 11.2 Å². The van der Waals surface area contributed by atoms with Crippen LogP contribution in [0.1, 0.15) is 5.82 Å². The number of imidazole rings is 1. The van der Waals surface area contributed by atoms with Crippen LogP contribution in [-0.2, 0) is 13.6 Å². The minimum absolute atomic E-state index is 0.171. The molecule has 3 aromatic heterocycles. The molecule has 25 heavy (non-hydrogen) atoms. The van der Waals surface area contributed by atoms with Gasteiger partial charge in [-0.15, -0.1) is 10.2 Å². The first-order chi connectivity index (χ1) is 12.1. The monoisotopic (exact) mass is 344 g/mol. The van der Waals surface area contributed by atoms with Gasteiger partial charge in [0.2, 0.25) is 5.95 Å². The molecule has 11 heteroatoms. The lowest BCUT2D eigenvalue weighted by atomic mass is 10.3. The summed E-state index contributed by atoms with van der Waals surface area (Å²) in [5.74, 6) is 1.70. The van der Waals surface area contributed by atoms with Crippen LogP contribution in [-0.4, -0.2) is 77.0 Å². The number of aryl methyl sites for hydroxylation is 1. The number of hydrogen-bond acceptors (Lipinski definition) is 9. The number of H-pyrrole nitrogens is 1. The van der Waals surface area contributed by atoms with Gasteiger partial charge < -0.3 is 25.3 Å². The van der Waals surface area contributed by atoms with Crippen molar-refractivity contribution in [1.82, 2.24) is 39.6 Å². The van der Waals surface area contributed by atoms with Crippen molar-refractivity contribution in [2.45, 2.75) is 12.6 Å². The van der Waals surface area contributed by atoms with Gasteiger partial charge in [-0.3, -0.25) is 4.90 Å². The first kappa shape index (κ1) is 15.7. The zero-order chi connectivity index (χ0) is 17.4. The molecular weight excluding hydrogens is 324 g/mol. The van der Waals surface area contributed by atoms with E-state index < -0.39 is 6.10 Å². The molecule has 1 atom stereocenters. The van der Waals surface area contributed by atoms with Gasteiger partial charge in [0.15, 0.2) is 11.5 Å². The van der Waals surface area contributed by atoms with Gasteiger partial charge >= 0.3 is 0 Å². The number of rotatable bonds is 3. The maximum absolute atomic E-state index is 10.5. The zero-order valence-corrected chi connectivity index (χ0v) is 13.9. The quantitative estimate of drug-likeness (QED) is 0.532. The summed E-state index contributed by atoms with van der Waals surface area (Å²) in [6, 6.07) is 0. The maximum atomic E-state index is 10.5. The molecule has 0 unspecified atom stereocenters. The van der Waals surface area contributed by atoms with Crippen molar-refractivity contribution in [3.05, 3.63) is 18.5 Å². The van der Waals surface area contributed by atoms with Gasteiger partial charge in [0.25, 0.3) is 0 Å². The van der Waals surface area contributed by atoms with Crippen molar-refractivity contribution in [2.24, 2.45) is 7.05 Å². The largest absolute Gasteiger partial charge is 0.390 e. The Bertz CT molecular complexity index is 874. The number of hydrogen-bond donors (Lipinski definition) is 3. The van der Waals surface area contributed by atoms with Crippen LogP contribution in [0.15, 0.2) is 12.7 Å². The van der Waals surface area contributed by atoms with Crippen molar-refractivity contribution in [3.8, 4) is 0 Å². The zero-order valence-electron chi connectivity index (χ0n) is 13.9. The fraction of sp³-hybridized carbons (Fsp3) is 0.500. The molecule has 4 rings (SSSR count). The van der Waals surface area contributed by atoms with Crippen molar-refractivity contribution < 1.29 is 5.11 Å². The summed E-state index contributed by atoms with van der Waals surface area (Å²) in [6.07, 6.45) is 2.72. The van der Waals surface area contributed by atoms with Gasteiger partial charge in [0.1, 0.15) is 17.7 Å². The molecule has 0 amide bonds. The number of aliphatic hydroxyl groups is 1. The number of aromatic nitrogens is 7. The number of nitrogens with one attached hydrogen (secondary N) is 1. The van der Waals surface area contributed by atoms with Crippen LogP contribution in [0.4, 0.5) is 11.8 Å². The Balaban J connectivity index is 1.56. The molecule has 1 aliphatic rings. The van der Waals surface area contributed by atoms with E-state index in [-0.39, 0.29) is 5.95 Å². The van der Waals surface area contributed by atoms with Crippen LogP contribution in [0.2, 0.25) is 0 Å². The van der Waals surface area contributed by atoms with Gasteiger partial charge in [-0.05, 0) is 0 Å². The highest BCUT2D eigenvalue weighted by Gasteiger charge is 2.25. The fourth-order valence-corrected chi connectivity index (χ4v) is 3.10. The molecule has 4 heterocycles. The van der Waals surface area contributed by atoms with Crippen LogP contribution >= 0.6 is 0 Å². The number of fused-ring (bicyclic) bond motifs is 1. The standard InChI is InChI=1S/C14H20N10O/c1-22-8-18-21-10(22)6-23-2-3-24(5-9(25)4-23)13-11-12(17-7-16-11)19-14(15)20-13/h7-9,25H,2-6H2,1H3,(H3,15,16,17,19,20)/t9-/m1/s1. The topological polar surface area (TPSA) is 138 Å². The number of nitrogen functional groups attached to an aromatic ring is 1. The Kier molecular flexibility index (Phi) is 3.93. The Morgan fingerprint density at radius 1 is 1.32 bits per heavy atom. The van der Waals surface area contributed by atoms with E-state index in [4.69, 9.17) is 5.73 Å². The molecule has 1 aliphatic heterocycles. The second-order valence-corrected chi connectivity index (χ2v) is 6.20. The molecule has 0 bridgehead atoms. The number of aliphatic hydroxyl groups excluding tert-OH is 1. The maximum Gasteiger partial charge on any atom is 0.224 e. The molecule has 4 N–H and O–H groups in total. The summed E-state index contributed by atoms with van der Waals surface area (Å²) in [6.45, 7) is 3.09. The first-order valence-electron chi connectivity index (χ1n) is 8.05. The molecule has 3 aromatic rings. The van der Waals surface area contributed by atoms with Crippen molar-refractivity contribution in [1.29, 1.82) is 0 Å². The second kappa shape index (κ2) is 6.26. The van der Waals surface area contributed by atoms with Crippen molar-refractivity contribution >= 4 is 22.9 Å². The molecule has 0 saturated carbocycles. The summed E-state index contributed by atoms with van der Waals surface area (Å²) < 4.78 is 1.88. The van der Waals surface area contributed by atoms with Gasteiger partial charge in [0, 0.05) is 33.2 Å². The Labute approximate surface area is 143 Å². The number of aromatic amines is 1. The van der Waals surface area contributed by atoms with Crippen LogP contribution < -0.4 is 10.6 Å². The van der Waals surface area contributed by atoms with Gasteiger partial charge in [-0.25, -0.2) is 4.98 Å². The van der Waals surface area contributed by atoms with E-state index in [1.165, 1.54) is 0 Å². The lowest BCUT2D eigenvalue weighted by Gasteiger charge is -2.23. The third-order valence-corrected chi connectivity index (χ3v) is 4.34. The summed E-state index contributed by atoms with van der Waals surface area (Å²) in [5, 5.41) is 18.5. The summed E-state index contributed by atoms with van der Waals surface area (Å²) in [5.41, 5.74) is 7.06. The predicted molar refractivity (Wildman–Crippen MR) is 90.6 cm³/mol. The average molecular weight is 344 g/mol. The Hall–Kier alpha value is -2.79. The van der Waals surface area contributed by atoms with E-state index in [1.807, 2.05) is 16.5 Å². The van der Waals surface area contributed by atoms with Crippen LogP contribution in [0, 0.1) is 0 Å². The summed E-state index contributed by atoms with van der Waals surface area (Å²) >= 11 is 0. The lowest BCUT2D eigenvalue weighted by Crippen LogP contribution is -2.34. The lowest BCUT2D eigenvalue weighted by molar-refractivity contribution is 0.127. The normalized spacial score (nSPS) is 19.4. The molecule has 0 spiro atoms. The molecular formula is C14H20N10O. The fourth-order valence-electron chi connectivity index (χ4n) is 3.10. The third kappa shape index (κ3) is 3.10. The van der Waals surface area contributed by atoms with E-state index in [2.05, 4.69) is 35.0 Å². The smallest absolute Gasteiger partial charge is 0.224 e. The molecule has 1 fully saturated rings. The molecule has 0 aromatic carbocycles. The van der Waals surface area contributed by atoms with E-state index in [9.17, 15) is 5.11 Å². The Morgan fingerprint density at radius 3 is 3.00 bits per heavy atom. The van der Waals surface area contributed by atoms with E-state index in [1.54, 1.807) is 12.7 Å². The molecule has 0 radical (unpaired) electrons. The number of β-amino-alcohol motifs (C(OH)–C–C–N with tert-alkyl or cyclic N) is 1.